The average molecular weight is 995 g/mol. The van der Waals surface area contributed by atoms with Crippen molar-refractivity contribution in [2.45, 2.75) is 58.2 Å². The molecule has 0 bridgehead atoms. The Kier molecular flexibility index (Phi) is 15.2. The summed E-state index contributed by atoms with van der Waals surface area (Å²) in [6, 6.07) is 46.6. The molecular formula is C63H58N6O6. The molecule has 10 rings (SSSR count). The van der Waals surface area contributed by atoms with Crippen molar-refractivity contribution in [2.24, 2.45) is 17.8 Å². The molecule has 2 unspecified atom stereocenters. The first-order valence-corrected chi connectivity index (χ1v) is 25.8. The van der Waals surface area contributed by atoms with Gasteiger partial charge in [0.15, 0.2) is 0 Å². The molecule has 0 aromatic heterocycles. The van der Waals surface area contributed by atoms with E-state index in [1.165, 1.54) is 0 Å². The zero-order valence-corrected chi connectivity index (χ0v) is 41.7. The fourth-order valence-corrected chi connectivity index (χ4v) is 10.6. The summed E-state index contributed by atoms with van der Waals surface area (Å²) >= 11 is 0. The number of carbonyl (C=O) groups is 6. The lowest BCUT2D eigenvalue weighted by Gasteiger charge is -2.33. The Balaban J connectivity index is 0.807. The maximum absolute atomic E-state index is 14.2. The van der Waals surface area contributed by atoms with Crippen LogP contribution in [0, 0.1) is 29.6 Å². The average Bonchev–Trinajstić information content (AvgIpc) is 3.42. The molecule has 75 heavy (non-hydrogen) atoms. The highest BCUT2D eigenvalue weighted by molar-refractivity contribution is 5.99. The summed E-state index contributed by atoms with van der Waals surface area (Å²) in [5.74, 6) is 2.69. The molecule has 6 aromatic rings. The molecule has 12 nitrogen and oxygen atoms in total. The number of benzene rings is 6. The van der Waals surface area contributed by atoms with E-state index >= 15 is 0 Å². The van der Waals surface area contributed by atoms with Crippen LogP contribution in [0.3, 0.4) is 0 Å². The standard InChI is InChI=1S/C63H58N6O6/c70-58(67-40-49-19-4-1-13-43(49)25-28-46-16-7-10-22-55(46)67)31-34-64-61(73)52-37-53(62(74)65-35-32-59(71)68-41-50-20-5-2-14-44(50)26-29-47-17-8-11-23-56(47)68)39-54(38-52)63(75)66-36-33-60(72)69-42-51-21-6-3-15-45(51)27-30-48-18-9-12-24-57(48)69/h1-26,28-29,52-54H,31-42H2,(H,64,73)(H,65,74)(H,66,75)/b28-25-,29-26-. The van der Waals surface area contributed by atoms with Gasteiger partial charge in [0.25, 0.3) is 0 Å². The van der Waals surface area contributed by atoms with E-state index in [4.69, 9.17) is 0 Å². The zero-order valence-electron chi connectivity index (χ0n) is 41.7. The van der Waals surface area contributed by atoms with Gasteiger partial charge in [0.05, 0.1) is 36.7 Å². The monoisotopic (exact) mass is 994 g/mol. The Morgan fingerprint density at radius 2 is 0.693 bits per heavy atom. The van der Waals surface area contributed by atoms with Gasteiger partial charge in [-0.1, -0.05) is 151 Å². The molecule has 3 N–H and O–H groups in total. The van der Waals surface area contributed by atoms with Crippen LogP contribution in [0.15, 0.2) is 146 Å². The third-order valence-corrected chi connectivity index (χ3v) is 14.6. The smallest absolute Gasteiger partial charge is 0.229 e. The Morgan fingerprint density at radius 3 is 1.16 bits per heavy atom. The Morgan fingerprint density at radius 1 is 0.373 bits per heavy atom. The summed E-state index contributed by atoms with van der Waals surface area (Å²) in [6.45, 7) is 1.19. The van der Waals surface area contributed by atoms with Gasteiger partial charge in [-0.05, 0) is 88.5 Å². The van der Waals surface area contributed by atoms with Crippen LogP contribution in [0.4, 0.5) is 17.1 Å². The third-order valence-electron chi connectivity index (χ3n) is 14.6. The molecule has 0 saturated heterocycles. The van der Waals surface area contributed by atoms with Gasteiger partial charge >= 0.3 is 0 Å². The first kappa shape index (κ1) is 49.7. The lowest BCUT2D eigenvalue weighted by Crippen LogP contribution is -2.46. The maximum atomic E-state index is 14.2. The van der Waals surface area contributed by atoms with Crippen LogP contribution >= 0.6 is 0 Å². The first-order valence-electron chi connectivity index (χ1n) is 25.8. The number of anilines is 3. The minimum atomic E-state index is -0.732. The molecule has 4 aliphatic rings. The number of nitrogens with one attached hydrogen (secondary N) is 3. The van der Waals surface area contributed by atoms with Gasteiger partial charge in [-0.25, -0.2) is 0 Å². The Hall–Kier alpha value is -8.82. The van der Waals surface area contributed by atoms with Crippen molar-refractivity contribution in [3.63, 3.8) is 0 Å². The second-order valence-electron chi connectivity index (χ2n) is 19.5. The largest absolute Gasteiger partial charge is 0.355 e. The van der Waals surface area contributed by atoms with Crippen LogP contribution in [-0.2, 0) is 48.4 Å². The highest BCUT2D eigenvalue weighted by atomic mass is 16.2. The van der Waals surface area contributed by atoms with Gasteiger partial charge in [-0.3, -0.25) is 28.8 Å². The topological polar surface area (TPSA) is 148 Å². The van der Waals surface area contributed by atoms with Crippen molar-refractivity contribution in [1.82, 2.24) is 16.0 Å². The van der Waals surface area contributed by atoms with E-state index < -0.39 is 17.8 Å². The van der Waals surface area contributed by atoms with Crippen molar-refractivity contribution >= 4 is 76.8 Å². The van der Waals surface area contributed by atoms with E-state index in [1.807, 2.05) is 158 Å². The zero-order chi connectivity index (χ0) is 51.7. The second kappa shape index (κ2) is 22.9. The van der Waals surface area contributed by atoms with Crippen LogP contribution in [0.2, 0.25) is 0 Å². The molecule has 0 spiro atoms. The molecule has 1 saturated carbocycles. The van der Waals surface area contributed by atoms with E-state index in [-0.39, 0.29) is 93.6 Å². The highest BCUT2D eigenvalue weighted by Gasteiger charge is 2.39. The third kappa shape index (κ3) is 11.5. The highest BCUT2D eigenvalue weighted by Crippen LogP contribution is 2.36. The molecule has 6 amide bonds. The summed E-state index contributed by atoms with van der Waals surface area (Å²) in [4.78, 5) is 89.9. The molecule has 3 aliphatic heterocycles. The van der Waals surface area contributed by atoms with E-state index in [9.17, 15) is 28.8 Å². The van der Waals surface area contributed by atoms with E-state index in [2.05, 4.69) is 39.9 Å². The fraction of sp³-hybridized carbons (Fsp3) is 0.238. The van der Waals surface area contributed by atoms with Gasteiger partial charge in [0.1, 0.15) is 0 Å². The van der Waals surface area contributed by atoms with Gasteiger partial charge in [-0.2, -0.15) is 0 Å². The van der Waals surface area contributed by atoms with Gasteiger partial charge < -0.3 is 30.7 Å². The number of amides is 6. The van der Waals surface area contributed by atoms with Crippen LogP contribution in [0.25, 0.3) is 24.3 Å². The number of fused-ring (bicyclic) bond motifs is 6. The molecule has 1 aliphatic carbocycles. The van der Waals surface area contributed by atoms with Crippen LogP contribution in [0.1, 0.15) is 88.6 Å². The Labute approximate surface area is 437 Å². The molecular weight excluding hydrogens is 937 g/mol. The van der Waals surface area contributed by atoms with Gasteiger partial charge in [0.2, 0.25) is 35.4 Å². The summed E-state index contributed by atoms with van der Waals surface area (Å²) in [5.41, 5.74) is 10.6. The molecule has 12 heteroatoms. The number of nitrogens with zero attached hydrogens (tertiary/aromatic N) is 3. The minimum Gasteiger partial charge on any atom is -0.355 e. The summed E-state index contributed by atoms with van der Waals surface area (Å²) in [6.07, 6.45) is 8.69. The molecule has 1 fully saturated rings. The first-order chi connectivity index (χ1) is 36.7. The molecule has 376 valence electrons. The number of rotatable bonds is 12. The van der Waals surface area contributed by atoms with E-state index in [0.29, 0.717) is 25.3 Å². The minimum absolute atomic E-state index is 0.00497. The lowest BCUT2D eigenvalue weighted by atomic mass is 9.74. The van der Waals surface area contributed by atoms with Crippen LogP contribution in [0.5, 0.6) is 0 Å². The molecule has 2 atom stereocenters. The molecule has 6 aromatic carbocycles. The van der Waals surface area contributed by atoms with Gasteiger partial charge in [0, 0.05) is 67.8 Å². The van der Waals surface area contributed by atoms with Crippen LogP contribution in [-0.4, -0.2) is 55.1 Å². The van der Waals surface area contributed by atoms with Gasteiger partial charge in [-0.15, -0.1) is 0 Å². The number of hydrogen-bond acceptors (Lipinski definition) is 6. The van der Waals surface area contributed by atoms with Crippen molar-refractivity contribution in [3.05, 3.63) is 196 Å². The van der Waals surface area contributed by atoms with E-state index in [0.717, 1.165) is 61.4 Å². The predicted molar refractivity (Wildman–Crippen MR) is 293 cm³/mol. The predicted octanol–water partition coefficient (Wildman–Crippen LogP) is 8.92. The van der Waals surface area contributed by atoms with Crippen molar-refractivity contribution in [2.75, 3.05) is 34.3 Å². The normalized spacial score (nSPS) is 17.9. The van der Waals surface area contributed by atoms with Crippen molar-refractivity contribution < 1.29 is 28.8 Å². The number of para-hydroxylation sites is 3. The molecule has 3 heterocycles. The number of hydrogen-bond donors (Lipinski definition) is 3. The van der Waals surface area contributed by atoms with E-state index in [1.54, 1.807) is 14.7 Å². The quantitative estimate of drug-likeness (QED) is 0.104. The van der Waals surface area contributed by atoms with Crippen LogP contribution < -0.4 is 30.7 Å². The van der Waals surface area contributed by atoms with Crippen molar-refractivity contribution in [1.29, 1.82) is 0 Å². The second-order valence-corrected chi connectivity index (χ2v) is 19.5. The lowest BCUT2D eigenvalue weighted by molar-refractivity contribution is -0.134. The summed E-state index contributed by atoms with van der Waals surface area (Å²) in [7, 11) is 0. The fourth-order valence-electron chi connectivity index (χ4n) is 10.6. The summed E-state index contributed by atoms with van der Waals surface area (Å²) < 4.78 is 0. The SMILES string of the molecule is O=C(NCCC(=O)N1Cc2ccccc2C#Cc2ccccc21)C1CC(C(=O)NCCC(=O)N2Cc3ccccc3/C=C\c3ccccc32)CC(C(=O)NCCC(=O)N2Cc3ccccc3/C=C\c3ccccc32)C1. The van der Waals surface area contributed by atoms with Crippen molar-refractivity contribution in [3.8, 4) is 11.8 Å². The Bertz CT molecular complexity index is 3170. The number of carbonyl (C=O) groups excluding carboxylic acids is 6. The maximum Gasteiger partial charge on any atom is 0.229 e. The summed E-state index contributed by atoms with van der Waals surface area (Å²) in [5, 5.41) is 8.91. The molecule has 0 radical (unpaired) electrons.